The molecule has 2 aromatic carbocycles. The van der Waals surface area contributed by atoms with Crippen LogP contribution in [0.5, 0.6) is 5.75 Å². The van der Waals surface area contributed by atoms with E-state index in [1.54, 1.807) is 7.11 Å². The molecule has 0 fully saturated rings. The van der Waals surface area contributed by atoms with E-state index in [1.165, 1.54) is 17.3 Å². The quantitative estimate of drug-likeness (QED) is 0.513. The number of thioether (sulfide) groups is 1. The van der Waals surface area contributed by atoms with Crippen LogP contribution in [-0.4, -0.2) is 33.0 Å². The largest absolute Gasteiger partial charge is 0.497 e. The van der Waals surface area contributed by atoms with Crippen LogP contribution in [0.4, 0.5) is 0 Å². The number of hydrogen-bond acceptors (Lipinski definition) is 5. The van der Waals surface area contributed by atoms with Crippen molar-refractivity contribution >= 4 is 17.7 Å². The summed E-state index contributed by atoms with van der Waals surface area (Å²) in [4.78, 5) is 12.6. The molecule has 0 saturated carbocycles. The van der Waals surface area contributed by atoms with Gasteiger partial charge in [0.2, 0.25) is 5.91 Å². The average Bonchev–Trinajstić information content (AvgIpc) is 3.14. The molecule has 1 heterocycles. The molecular formula is C23H28N4O2S. The van der Waals surface area contributed by atoms with Crippen molar-refractivity contribution in [2.24, 2.45) is 0 Å². The molecule has 30 heavy (non-hydrogen) atoms. The zero-order valence-electron chi connectivity index (χ0n) is 17.9. The Morgan fingerprint density at radius 1 is 1.20 bits per heavy atom. The molecule has 0 aliphatic carbocycles. The number of carbonyl (C=O) groups excluding carboxylic acids is 1. The standard InChI is InChI=1S/C23H28N4O2S/c1-5-13-27-21(19-8-6-7-16(2)14-19)25-26-23(27)30-17(3)22(28)24-15-18-9-11-20(29-4)12-10-18/h6-12,14,17H,5,13,15H2,1-4H3,(H,24,28). The van der Waals surface area contributed by atoms with Crippen molar-refractivity contribution in [1.29, 1.82) is 0 Å². The summed E-state index contributed by atoms with van der Waals surface area (Å²) in [6, 6.07) is 15.9. The van der Waals surface area contributed by atoms with Gasteiger partial charge in [0, 0.05) is 18.7 Å². The van der Waals surface area contributed by atoms with Crippen molar-refractivity contribution in [2.45, 2.75) is 50.7 Å². The van der Waals surface area contributed by atoms with Crippen molar-refractivity contribution in [1.82, 2.24) is 20.1 Å². The van der Waals surface area contributed by atoms with Gasteiger partial charge in [-0.05, 0) is 44.0 Å². The summed E-state index contributed by atoms with van der Waals surface area (Å²) in [6.07, 6.45) is 0.961. The molecule has 0 spiro atoms. The van der Waals surface area contributed by atoms with Gasteiger partial charge in [-0.1, -0.05) is 54.6 Å². The molecule has 1 N–H and O–H groups in total. The number of methoxy groups -OCH3 is 1. The van der Waals surface area contributed by atoms with Crippen molar-refractivity contribution in [2.75, 3.05) is 7.11 Å². The topological polar surface area (TPSA) is 69.0 Å². The second kappa shape index (κ2) is 10.3. The first-order chi connectivity index (χ1) is 14.5. The Kier molecular flexibility index (Phi) is 7.52. The Labute approximate surface area is 182 Å². The van der Waals surface area contributed by atoms with E-state index in [0.29, 0.717) is 6.54 Å². The van der Waals surface area contributed by atoms with Crippen LogP contribution in [0.3, 0.4) is 0 Å². The van der Waals surface area contributed by atoms with E-state index < -0.39 is 0 Å². The van der Waals surface area contributed by atoms with Gasteiger partial charge in [-0.3, -0.25) is 4.79 Å². The molecule has 1 aromatic heterocycles. The zero-order chi connectivity index (χ0) is 21.5. The van der Waals surface area contributed by atoms with E-state index in [2.05, 4.69) is 46.1 Å². The van der Waals surface area contributed by atoms with E-state index >= 15 is 0 Å². The van der Waals surface area contributed by atoms with Crippen molar-refractivity contribution < 1.29 is 9.53 Å². The lowest BCUT2D eigenvalue weighted by atomic mass is 10.1. The molecule has 0 saturated heterocycles. The maximum absolute atomic E-state index is 12.6. The first kappa shape index (κ1) is 21.9. The minimum Gasteiger partial charge on any atom is -0.497 e. The predicted octanol–water partition coefficient (Wildman–Crippen LogP) is 4.47. The van der Waals surface area contributed by atoms with E-state index in [0.717, 1.165) is 40.8 Å². The van der Waals surface area contributed by atoms with Gasteiger partial charge in [-0.25, -0.2) is 0 Å². The van der Waals surface area contributed by atoms with E-state index in [9.17, 15) is 4.79 Å². The average molecular weight is 425 g/mol. The molecule has 158 valence electrons. The molecule has 0 radical (unpaired) electrons. The Morgan fingerprint density at radius 3 is 2.63 bits per heavy atom. The van der Waals surface area contributed by atoms with Crippen LogP contribution < -0.4 is 10.1 Å². The highest BCUT2D eigenvalue weighted by molar-refractivity contribution is 8.00. The summed E-state index contributed by atoms with van der Waals surface area (Å²) in [5.41, 5.74) is 3.25. The Balaban J connectivity index is 1.67. The number of ether oxygens (including phenoxy) is 1. The first-order valence-corrected chi connectivity index (χ1v) is 11.0. The van der Waals surface area contributed by atoms with Gasteiger partial charge >= 0.3 is 0 Å². The van der Waals surface area contributed by atoms with Crippen LogP contribution in [0, 0.1) is 6.92 Å². The minimum absolute atomic E-state index is 0.0287. The lowest BCUT2D eigenvalue weighted by molar-refractivity contribution is -0.120. The molecule has 7 heteroatoms. The van der Waals surface area contributed by atoms with Crippen LogP contribution in [0.2, 0.25) is 0 Å². The number of carbonyl (C=O) groups is 1. The Hall–Kier alpha value is -2.80. The van der Waals surface area contributed by atoms with E-state index in [4.69, 9.17) is 4.74 Å². The smallest absolute Gasteiger partial charge is 0.233 e. The second-order valence-corrected chi connectivity index (χ2v) is 8.46. The van der Waals surface area contributed by atoms with Gasteiger partial charge in [0.05, 0.1) is 12.4 Å². The summed E-state index contributed by atoms with van der Waals surface area (Å²) in [5.74, 6) is 1.61. The molecule has 3 rings (SSSR count). The number of hydrogen-bond donors (Lipinski definition) is 1. The van der Waals surface area contributed by atoms with E-state index in [-0.39, 0.29) is 11.2 Å². The molecule has 1 amide bonds. The third-order valence-electron chi connectivity index (χ3n) is 4.72. The van der Waals surface area contributed by atoms with Crippen LogP contribution >= 0.6 is 11.8 Å². The van der Waals surface area contributed by atoms with Crippen molar-refractivity contribution in [3.05, 3.63) is 59.7 Å². The molecule has 1 atom stereocenters. The van der Waals surface area contributed by atoms with Gasteiger partial charge in [0.1, 0.15) is 5.75 Å². The highest BCUT2D eigenvalue weighted by Gasteiger charge is 2.20. The Morgan fingerprint density at radius 2 is 1.97 bits per heavy atom. The van der Waals surface area contributed by atoms with Gasteiger partial charge in [0.15, 0.2) is 11.0 Å². The maximum Gasteiger partial charge on any atom is 0.233 e. The second-order valence-electron chi connectivity index (χ2n) is 7.15. The third kappa shape index (κ3) is 5.42. The molecule has 6 nitrogen and oxygen atoms in total. The van der Waals surface area contributed by atoms with Gasteiger partial charge in [-0.2, -0.15) is 0 Å². The summed E-state index contributed by atoms with van der Waals surface area (Å²) in [6.45, 7) is 7.36. The normalized spacial score (nSPS) is 11.9. The van der Waals surface area contributed by atoms with Crippen LogP contribution in [0.15, 0.2) is 53.7 Å². The monoisotopic (exact) mass is 424 g/mol. The fraction of sp³-hybridized carbons (Fsp3) is 0.348. The predicted molar refractivity (Wildman–Crippen MR) is 121 cm³/mol. The lowest BCUT2D eigenvalue weighted by Crippen LogP contribution is -2.30. The van der Waals surface area contributed by atoms with Crippen LogP contribution in [-0.2, 0) is 17.9 Å². The maximum atomic E-state index is 12.6. The number of nitrogens with one attached hydrogen (secondary N) is 1. The summed E-state index contributed by atoms with van der Waals surface area (Å²) < 4.78 is 7.27. The van der Waals surface area contributed by atoms with Crippen molar-refractivity contribution in [3.63, 3.8) is 0 Å². The highest BCUT2D eigenvalue weighted by Crippen LogP contribution is 2.27. The first-order valence-electron chi connectivity index (χ1n) is 10.1. The molecule has 1 unspecified atom stereocenters. The lowest BCUT2D eigenvalue weighted by Gasteiger charge is -2.14. The summed E-state index contributed by atoms with van der Waals surface area (Å²) in [5, 5.41) is 12.3. The van der Waals surface area contributed by atoms with Crippen molar-refractivity contribution in [3.8, 4) is 17.1 Å². The number of benzene rings is 2. The fourth-order valence-electron chi connectivity index (χ4n) is 3.09. The molecule has 0 bridgehead atoms. The molecule has 0 aliphatic rings. The minimum atomic E-state index is -0.284. The number of amides is 1. The molecule has 3 aromatic rings. The van der Waals surface area contributed by atoms with Crippen LogP contribution in [0.1, 0.15) is 31.4 Å². The summed E-state index contributed by atoms with van der Waals surface area (Å²) >= 11 is 1.44. The Bertz CT molecular complexity index is 985. The SMILES string of the molecule is CCCn1c(SC(C)C(=O)NCc2ccc(OC)cc2)nnc1-c1cccc(C)c1. The number of aryl methyl sites for hydroxylation is 1. The third-order valence-corrected chi connectivity index (χ3v) is 5.80. The van der Waals surface area contributed by atoms with Crippen LogP contribution in [0.25, 0.3) is 11.4 Å². The molecule has 0 aliphatic heterocycles. The number of rotatable bonds is 9. The number of nitrogens with zero attached hydrogens (tertiary/aromatic N) is 3. The fourth-order valence-corrected chi connectivity index (χ4v) is 3.99. The molecular weight excluding hydrogens is 396 g/mol. The highest BCUT2D eigenvalue weighted by atomic mass is 32.2. The van der Waals surface area contributed by atoms with Gasteiger partial charge in [-0.15, -0.1) is 10.2 Å². The zero-order valence-corrected chi connectivity index (χ0v) is 18.7. The van der Waals surface area contributed by atoms with Gasteiger partial charge < -0.3 is 14.6 Å². The van der Waals surface area contributed by atoms with Gasteiger partial charge in [0.25, 0.3) is 0 Å². The number of aromatic nitrogens is 3. The van der Waals surface area contributed by atoms with E-state index in [1.807, 2.05) is 43.3 Å². The summed E-state index contributed by atoms with van der Waals surface area (Å²) in [7, 11) is 1.64.